The Balaban J connectivity index is 1.97. The lowest BCUT2D eigenvalue weighted by Gasteiger charge is -2.28. The molecular formula is C27H35BrN2O3. The second-order valence-electron chi connectivity index (χ2n) is 11.0. The van der Waals surface area contributed by atoms with Crippen molar-refractivity contribution in [3.8, 4) is 5.75 Å². The number of Topliss-reactive ketones (excluding diaryl/α,β-unsaturated/α-hetero) is 1. The fourth-order valence-electron chi connectivity index (χ4n) is 4.59. The van der Waals surface area contributed by atoms with E-state index in [1.807, 2.05) is 88.9 Å². The van der Waals surface area contributed by atoms with E-state index in [4.69, 9.17) is 0 Å². The van der Waals surface area contributed by atoms with Gasteiger partial charge in [0.05, 0.1) is 22.7 Å². The molecule has 0 aliphatic carbocycles. The number of hydrogen-bond acceptors (Lipinski definition) is 4. The summed E-state index contributed by atoms with van der Waals surface area (Å²) in [5, 5.41) is 21.0. The van der Waals surface area contributed by atoms with Crippen LogP contribution >= 0.6 is 16.1 Å². The maximum atomic E-state index is 13.5. The van der Waals surface area contributed by atoms with E-state index in [-0.39, 0.29) is 47.4 Å². The van der Waals surface area contributed by atoms with Crippen LogP contribution in [0.3, 0.4) is 0 Å². The van der Waals surface area contributed by atoms with Crippen molar-refractivity contribution in [2.45, 2.75) is 58.3 Å². The van der Waals surface area contributed by atoms with Crippen molar-refractivity contribution in [1.29, 1.82) is 0 Å². The summed E-state index contributed by atoms with van der Waals surface area (Å²) in [4.78, 5) is 15.5. The summed E-state index contributed by atoms with van der Waals surface area (Å²) in [7, 11) is 0. The predicted molar refractivity (Wildman–Crippen MR) is 138 cm³/mol. The quantitative estimate of drug-likeness (QED) is 0.510. The fourth-order valence-corrected chi connectivity index (χ4v) is 5.03. The highest BCUT2D eigenvalue weighted by molar-refractivity contribution is 9.08. The second kappa shape index (κ2) is 9.59. The van der Waals surface area contributed by atoms with Crippen molar-refractivity contribution >= 4 is 27.8 Å². The summed E-state index contributed by atoms with van der Waals surface area (Å²) >= 11 is 3.26. The summed E-state index contributed by atoms with van der Waals surface area (Å²) in [6, 6.07) is 13.6. The van der Waals surface area contributed by atoms with E-state index in [2.05, 4.69) is 20.2 Å². The molecule has 0 radical (unpaired) electrons. The van der Waals surface area contributed by atoms with Crippen LogP contribution in [0.25, 0.3) is 0 Å². The molecule has 0 amide bonds. The lowest BCUT2D eigenvalue weighted by Crippen LogP contribution is -2.32. The summed E-state index contributed by atoms with van der Waals surface area (Å²) in [5.41, 5.74) is 2.57. The third kappa shape index (κ3) is 5.33. The Hall–Kier alpha value is -2.18. The maximum absolute atomic E-state index is 13.5. The molecule has 1 aliphatic rings. The monoisotopic (exact) mass is 514 g/mol. The van der Waals surface area contributed by atoms with Crippen LogP contribution in [0.1, 0.15) is 74.5 Å². The van der Waals surface area contributed by atoms with Crippen molar-refractivity contribution < 1.29 is 15.0 Å². The average molecular weight is 515 g/mol. The Labute approximate surface area is 205 Å². The molecular weight excluding hydrogens is 480 g/mol. The number of hydrogen-bond donors (Lipinski definition) is 2. The van der Waals surface area contributed by atoms with Gasteiger partial charge < -0.3 is 15.1 Å². The first-order valence-electron chi connectivity index (χ1n) is 11.4. The van der Waals surface area contributed by atoms with Gasteiger partial charge in [-0.3, -0.25) is 4.79 Å². The fraction of sp³-hybridized carbons (Fsp3) is 0.481. The SMILES string of the molecule is CC(C)(C)c1cc(C(=O)CN2C[C@H](CO)[C@@H](c3ccccc3)C2=NBr)cc(C(C)(C)C)c1O. The van der Waals surface area contributed by atoms with Crippen molar-refractivity contribution in [3.63, 3.8) is 0 Å². The number of rotatable bonds is 5. The topological polar surface area (TPSA) is 73.1 Å². The Kier molecular flexibility index (Phi) is 7.39. The number of ketones is 1. The summed E-state index contributed by atoms with van der Waals surface area (Å²) in [6.07, 6.45) is 0. The van der Waals surface area contributed by atoms with E-state index < -0.39 is 0 Å². The number of aliphatic hydroxyl groups is 1. The number of benzene rings is 2. The molecule has 2 aromatic carbocycles. The molecule has 2 N–H and O–H groups in total. The highest BCUT2D eigenvalue weighted by Crippen LogP contribution is 2.40. The Morgan fingerprint density at radius 3 is 2.06 bits per heavy atom. The predicted octanol–water partition coefficient (Wildman–Crippen LogP) is 5.59. The van der Waals surface area contributed by atoms with E-state index in [9.17, 15) is 15.0 Å². The molecule has 5 nitrogen and oxygen atoms in total. The van der Waals surface area contributed by atoms with Gasteiger partial charge in [-0.05, 0) is 28.5 Å². The van der Waals surface area contributed by atoms with Gasteiger partial charge in [-0.1, -0.05) is 71.9 Å². The largest absolute Gasteiger partial charge is 0.507 e. The van der Waals surface area contributed by atoms with Crippen LogP contribution < -0.4 is 0 Å². The van der Waals surface area contributed by atoms with Gasteiger partial charge in [0.25, 0.3) is 0 Å². The van der Waals surface area contributed by atoms with Gasteiger partial charge in [-0.2, -0.15) is 4.02 Å². The highest BCUT2D eigenvalue weighted by atomic mass is 79.9. The van der Waals surface area contributed by atoms with Crippen LogP contribution in [-0.2, 0) is 10.8 Å². The first kappa shape index (κ1) is 25.4. The average Bonchev–Trinajstić information content (AvgIpc) is 3.09. The molecule has 1 saturated heterocycles. The van der Waals surface area contributed by atoms with Gasteiger partial charge in [0.1, 0.15) is 11.6 Å². The van der Waals surface area contributed by atoms with Crippen LogP contribution in [0.5, 0.6) is 5.75 Å². The van der Waals surface area contributed by atoms with Crippen LogP contribution in [-0.4, -0.2) is 46.4 Å². The number of phenols is 1. The minimum Gasteiger partial charge on any atom is -0.507 e. The number of nitrogens with zero attached hydrogens (tertiary/aromatic N) is 2. The standard InChI is InChI=1S/C27H35BrN2O3/c1-26(2,3)20-12-18(13-21(24(20)33)27(4,5)6)22(32)15-30-14-19(16-31)23(25(30)29-28)17-10-8-7-9-11-17/h7-13,19,23,31,33H,14-16H2,1-6H3/t19-,23-/m1/s1. The molecule has 2 aromatic rings. The van der Waals surface area contributed by atoms with E-state index in [1.54, 1.807) is 0 Å². The molecule has 0 saturated carbocycles. The van der Waals surface area contributed by atoms with Crippen LogP contribution in [0, 0.1) is 5.92 Å². The Bertz CT molecular complexity index is 1000. The Morgan fingerprint density at radius 2 is 1.61 bits per heavy atom. The van der Waals surface area contributed by atoms with Crippen molar-refractivity contribution in [2.75, 3.05) is 19.7 Å². The van der Waals surface area contributed by atoms with Crippen LogP contribution in [0.2, 0.25) is 0 Å². The number of carbonyl (C=O) groups is 1. The van der Waals surface area contributed by atoms with Crippen LogP contribution in [0.4, 0.5) is 0 Å². The van der Waals surface area contributed by atoms with E-state index in [0.29, 0.717) is 12.1 Å². The molecule has 1 heterocycles. The first-order valence-corrected chi connectivity index (χ1v) is 12.1. The van der Waals surface area contributed by atoms with Gasteiger partial charge in [0.15, 0.2) is 5.78 Å². The number of aliphatic hydroxyl groups excluding tert-OH is 1. The molecule has 1 fully saturated rings. The molecule has 6 heteroatoms. The molecule has 3 rings (SSSR count). The highest BCUT2D eigenvalue weighted by Gasteiger charge is 2.40. The molecule has 0 spiro atoms. The summed E-state index contributed by atoms with van der Waals surface area (Å²) < 4.78 is 4.35. The zero-order valence-corrected chi connectivity index (χ0v) is 22.0. The molecule has 33 heavy (non-hydrogen) atoms. The minimum atomic E-state index is -0.309. The normalized spacial score (nSPS) is 20.5. The number of likely N-dealkylation sites (tertiary alicyclic amines) is 1. The van der Waals surface area contributed by atoms with Gasteiger partial charge in [-0.15, -0.1) is 0 Å². The molecule has 0 bridgehead atoms. The molecule has 0 unspecified atom stereocenters. The maximum Gasteiger partial charge on any atom is 0.182 e. The first-order chi connectivity index (χ1) is 15.4. The zero-order valence-electron chi connectivity index (χ0n) is 20.4. The zero-order chi connectivity index (χ0) is 24.6. The summed E-state index contributed by atoms with van der Waals surface area (Å²) in [6.45, 7) is 12.9. The third-order valence-corrected chi connectivity index (χ3v) is 6.75. The van der Waals surface area contributed by atoms with E-state index in [1.165, 1.54) is 0 Å². The number of aromatic hydroxyl groups is 1. The number of amidine groups is 1. The third-order valence-electron chi connectivity index (χ3n) is 6.39. The smallest absolute Gasteiger partial charge is 0.182 e. The van der Waals surface area contributed by atoms with Crippen molar-refractivity contribution in [2.24, 2.45) is 9.94 Å². The lowest BCUT2D eigenvalue weighted by atomic mass is 9.78. The molecule has 0 aromatic heterocycles. The lowest BCUT2D eigenvalue weighted by molar-refractivity contribution is 0.0960. The van der Waals surface area contributed by atoms with E-state index >= 15 is 0 Å². The molecule has 1 aliphatic heterocycles. The summed E-state index contributed by atoms with van der Waals surface area (Å²) in [5.74, 6) is 0.842. The number of carbonyl (C=O) groups excluding carboxylic acids is 1. The number of halogens is 1. The minimum absolute atomic E-state index is 0.0117. The molecule has 178 valence electrons. The second-order valence-corrected chi connectivity index (χ2v) is 11.4. The Morgan fingerprint density at radius 1 is 1.06 bits per heavy atom. The van der Waals surface area contributed by atoms with E-state index in [0.717, 1.165) is 22.5 Å². The van der Waals surface area contributed by atoms with Gasteiger partial charge >= 0.3 is 0 Å². The van der Waals surface area contributed by atoms with Crippen molar-refractivity contribution in [3.05, 3.63) is 64.7 Å². The van der Waals surface area contributed by atoms with Gasteiger partial charge in [-0.25, -0.2) is 0 Å². The van der Waals surface area contributed by atoms with Crippen LogP contribution in [0.15, 0.2) is 46.5 Å². The van der Waals surface area contributed by atoms with Gasteiger partial charge in [0.2, 0.25) is 0 Å². The van der Waals surface area contributed by atoms with Gasteiger partial charge in [0, 0.05) is 41.7 Å². The van der Waals surface area contributed by atoms with Crippen molar-refractivity contribution in [1.82, 2.24) is 4.90 Å². The molecule has 2 atom stereocenters. The number of phenolic OH excluding ortho intramolecular Hbond substituents is 1.